The van der Waals surface area contributed by atoms with E-state index < -0.39 is 5.54 Å². The van der Waals surface area contributed by atoms with Crippen molar-refractivity contribution < 1.29 is 14.3 Å². The zero-order chi connectivity index (χ0) is 23.0. The Bertz CT molecular complexity index is 1180. The molecule has 1 aromatic heterocycles. The fraction of sp³-hybridized carbons (Fsp3) is 0.407. The van der Waals surface area contributed by atoms with Gasteiger partial charge in [0.15, 0.2) is 0 Å². The highest BCUT2D eigenvalue weighted by molar-refractivity contribution is 6.03. The standard InChI is InChI=1S/C27H31N3O3/c1-27(26(32)28-21-9-4-3-5-10-21)18-29-23-11-7-6-8-20(23)16-24(29)25(31)30(27)17-19-12-14-22(33-2)15-13-19/h6-8,11-16,21H,3-5,9-10,17-18H2,1-2H3,(H,28,32). The van der Waals surface area contributed by atoms with Crippen molar-refractivity contribution in [2.45, 2.75) is 63.7 Å². The normalized spacial score (nSPS) is 21.2. The number of aromatic nitrogens is 1. The molecule has 0 bridgehead atoms. The second-order valence-electron chi connectivity index (χ2n) is 9.50. The van der Waals surface area contributed by atoms with E-state index in [1.807, 2.05) is 66.1 Å². The van der Waals surface area contributed by atoms with Crippen LogP contribution in [0.25, 0.3) is 10.9 Å². The summed E-state index contributed by atoms with van der Waals surface area (Å²) < 4.78 is 7.29. The van der Waals surface area contributed by atoms with Crippen LogP contribution in [0.4, 0.5) is 0 Å². The SMILES string of the molecule is COc1ccc(CN2C(=O)c3cc4ccccc4n3CC2(C)C(=O)NC2CCCCC2)cc1. The minimum atomic E-state index is -0.997. The number of hydrogen-bond acceptors (Lipinski definition) is 3. The van der Waals surface area contributed by atoms with Crippen molar-refractivity contribution in [2.75, 3.05) is 7.11 Å². The van der Waals surface area contributed by atoms with Crippen LogP contribution in [0.15, 0.2) is 54.6 Å². The lowest BCUT2D eigenvalue weighted by Gasteiger charge is -2.45. The van der Waals surface area contributed by atoms with Crippen LogP contribution in [0.1, 0.15) is 55.1 Å². The predicted octanol–water partition coefficient (Wildman–Crippen LogP) is 4.51. The van der Waals surface area contributed by atoms with Crippen LogP contribution in [0.2, 0.25) is 0 Å². The van der Waals surface area contributed by atoms with Crippen LogP contribution < -0.4 is 10.1 Å². The molecule has 6 heteroatoms. The van der Waals surface area contributed by atoms with E-state index in [-0.39, 0.29) is 17.9 Å². The molecule has 33 heavy (non-hydrogen) atoms. The number of ether oxygens (including phenoxy) is 1. The second-order valence-corrected chi connectivity index (χ2v) is 9.50. The first kappa shape index (κ1) is 21.6. The van der Waals surface area contributed by atoms with Crippen molar-refractivity contribution in [3.05, 3.63) is 65.9 Å². The first-order valence-electron chi connectivity index (χ1n) is 11.8. The van der Waals surface area contributed by atoms with Gasteiger partial charge in [0.2, 0.25) is 5.91 Å². The molecule has 0 spiro atoms. The molecule has 1 unspecified atom stereocenters. The Hall–Kier alpha value is -3.28. The molecule has 0 saturated heterocycles. The third-order valence-electron chi connectivity index (χ3n) is 7.27. The summed E-state index contributed by atoms with van der Waals surface area (Å²) in [4.78, 5) is 29.3. The van der Waals surface area contributed by atoms with Gasteiger partial charge in [0.05, 0.1) is 13.7 Å². The lowest BCUT2D eigenvalue weighted by molar-refractivity contribution is -0.134. The van der Waals surface area contributed by atoms with E-state index in [9.17, 15) is 9.59 Å². The highest BCUT2D eigenvalue weighted by Gasteiger charge is 2.48. The van der Waals surface area contributed by atoms with Gasteiger partial charge in [-0.3, -0.25) is 9.59 Å². The smallest absolute Gasteiger partial charge is 0.271 e. The summed E-state index contributed by atoms with van der Waals surface area (Å²) in [6.45, 7) is 2.69. The molecule has 1 saturated carbocycles. The average molecular weight is 446 g/mol. The van der Waals surface area contributed by atoms with E-state index in [2.05, 4.69) is 5.32 Å². The largest absolute Gasteiger partial charge is 0.497 e. The van der Waals surface area contributed by atoms with E-state index in [4.69, 9.17) is 4.74 Å². The van der Waals surface area contributed by atoms with Gasteiger partial charge in [0, 0.05) is 23.5 Å². The lowest BCUT2D eigenvalue weighted by atomic mass is 9.91. The summed E-state index contributed by atoms with van der Waals surface area (Å²) in [7, 11) is 1.63. The van der Waals surface area contributed by atoms with Crippen LogP contribution >= 0.6 is 0 Å². The number of carbonyl (C=O) groups is 2. The molecule has 1 N–H and O–H groups in total. The van der Waals surface area contributed by atoms with Gasteiger partial charge in [-0.15, -0.1) is 0 Å². The molecule has 172 valence electrons. The number of rotatable bonds is 5. The van der Waals surface area contributed by atoms with E-state index in [0.29, 0.717) is 18.8 Å². The van der Waals surface area contributed by atoms with Crippen LogP contribution in [0.3, 0.4) is 0 Å². The molecule has 5 rings (SSSR count). The molecule has 3 aromatic rings. The minimum Gasteiger partial charge on any atom is -0.497 e. The molecule has 6 nitrogen and oxygen atoms in total. The average Bonchev–Trinajstić information content (AvgIpc) is 3.21. The summed E-state index contributed by atoms with van der Waals surface area (Å²) in [6.07, 6.45) is 5.52. The Morgan fingerprint density at radius 3 is 2.55 bits per heavy atom. The maximum Gasteiger partial charge on any atom is 0.271 e. The Kier molecular flexibility index (Phi) is 5.60. The Morgan fingerprint density at radius 1 is 1.09 bits per heavy atom. The molecule has 1 aliphatic carbocycles. The maximum absolute atomic E-state index is 13.8. The summed E-state index contributed by atoms with van der Waals surface area (Å²) in [5.74, 6) is 0.580. The second kappa shape index (κ2) is 8.58. The highest BCUT2D eigenvalue weighted by Crippen LogP contribution is 2.34. The van der Waals surface area contributed by atoms with Crippen molar-refractivity contribution in [3.63, 3.8) is 0 Å². The van der Waals surface area contributed by atoms with Gasteiger partial charge >= 0.3 is 0 Å². The lowest BCUT2D eigenvalue weighted by Crippen LogP contribution is -2.64. The molecule has 1 fully saturated rings. The minimum absolute atomic E-state index is 0.0697. The van der Waals surface area contributed by atoms with Crippen molar-refractivity contribution in [2.24, 2.45) is 0 Å². The van der Waals surface area contributed by atoms with E-state index >= 15 is 0 Å². The number of hydrogen-bond donors (Lipinski definition) is 1. The van der Waals surface area contributed by atoms with Crippen LogP contribution in [-0.4, -0.2) is 40.0 Å². The molecular weight excluding hydrogens is 414 g/mol. The predicted molar refractivity (Wildman–Crippen MR) is 128 cm³/mol. The molecule has 2 aromatic carbocycles. The number of fused-ring (bicyclic) bond motifs is 3. The van der Waals surface area contributed by atoms with Crippen LogP contribution in [0, 0.1) is 0 Å². The van der Waals surface area contributed by atoms with Gasteiger partial charge < -0.3 is 19.5 Å². The van der Waals surface area contributed by atoms with Crippen molar-refractivity contribution in [1.82, 2.24) is 14.8 Å². The Labute approximate surface area is 194 Å². The summed E-state index contributed by atoms with van der Waals surface area (Å²) >= 11 is 0. The highest BCUT2D eigenvalue weighted by atomic mass is 16.5. The van der Waals surface area contributed by atoms with Crippen molar-refractivity contribution >= 4 is 22.7 Å². The van der Waals surface area contributed by atoms with Crippen LogP contribution in [0.5, 0.6) is 5.75 Å². The molecule has 1 atom stereocenters. The first-order valence-corrected chi connectivity index (χ1v) is 11.8. The number of methoxy groups -OCH3 is 1. The van der Waals surface area contributed by atoms with Crippen molar-refractivity contribution in [1.29, 1.82) is 0 Å². The third-order valence-corrected chi connectivity index (χ3v) is 7.27. The van der Waals surface area contributed by atoms with E-state index in [1.54, 1.807) is 12.0 Å². The van der Waals surface area contributed by atoms with Gasteiger partial charge in [0.25, 0.3) is 5.91 Å². The molecular formula is C27H31N3O3. The topological polar surface area (TPSA) is 63.6 Å². The van der Waals surface area contributed by atoms with Gasteiger partial charge in [-0.1, -0.05) is 49.6 Å². The van der Waals surface area contributed by atoms with E-state index in [1.165, 1.54) is 6.42 Å². The number of nitrogens with one attached hydrogen (secondary N) is 1. The van der Waals surface area contributed by atoms with Crippen molar-refractivity contribution in [3.8, 4) is 5.75 Å². The fourth-order valence-corrected chi connectivity index (χ4v) is 5.26. The summed E-state index contributed by atoms with van der Waals surface area (Å²) in [5.41, 5.74) is 1.59. The molecule has 2 aliphatic rings. The number of carbonyl (C=O) groups excluding carboxylic acids is 2. The number of para-hydroxylation sites is 1. The number of amides is 2. The summed E-state index contributed by atoms with van der Waals surface area (Å²) in [5, 5.41) is 4.30. The molecule has 2 heterocycles. The Balaban J connectivity index is 1.53. The van der Waals surface area contributed by atoms with E-state index in [0.717, 1.165) is 47.9 Å². The van der Waals surface area contributed by atoms with Gasteiger partial charge in [0.1, 0.15) is 17.0 Å². The zero-order valence-corrected chi connectivity index (χ0v) is 19.3. The maximum atomic E-state index is 13.8. The zero-order valence-electron chi connectivity index (χ0n) is 19.3. The summed E-state index contributed by atoms with van der Waals surface area (Å²) in [6, 6.07) is 17.8. The van der Waals surface area contributed by atoms with Crippen LogP contribution in [-0.2, 0) is 17.9 Å². The third kappa shape index (κ3) is 3.88. The number of benzene rings is 2. The Morgan fingerprint density at radius 2 is 1.82 bits per heavy atom. The van der Waals surface area contributed by atoms with Gasteiger partial charge in [-0.05, 0) is 49.6 Å². The molecule has 1 aliphatic heterocycles. The first-order chi connectivity index (χ1) is 16.0. The number of nitrogens with zero attached hydrogens (tertiary/aromatic N) is 2. The molecule has 2 amide bonds. The fourth-order valence-electron chi connectivity index (χ4n) is 5.26. The van der Waals surface area contributed by atoms with Gasteiger partial charge in [-0.2, -0.15) is 0 Å². The monoisotopic (exact) mass is 445 g/mol. The van der Waals surface area contributed by atoms with Gasteiger partial charge in [-0.25, -0.2) is 0 Å². The quantitative estimate of drug-likeness (QED) is 0.628. The molecule has 0 radical (unpaired) electrons.